The molecule has 32 heavy (non-hydrogen) atoms. The summed E-state index contributed by atoms with van der Waals surface area (Å²) in [5.74, 6) is -0.112. The summed E-state index contributed by atoms with van der Waals surface area (Å²) >= 11 is 0. The van der Waals surface area contributed by atoms with Crippen molar-refractivity contribution in [1.29, 1.82) is 0 Å². The van der Waals surface area contributed by atoms with Gasteiger partial charge >= 0.3 is 0 Å². The lowest BCUT2D eigenvalue weighted by Crippen LogP contribution is -2.38. The number of nitrogens with zero attached hydrogens (tertiary/aromatic N) is 6. The van der Waals surface area contributed by atoms with Crippen LogP contribution in [0.25, 0.3) is 0 Å². The van der Waals surface area contributed by atoms with Gasteiger partial charge in [-0.3, -0.25) is 14.6 Å². The zero-order chi connectivity index (χ0) is 22.1. The Morgan fingerprint density at radius 2 is 1.91 bits per heavy atom. The van der Waals surface area contributed by atoms with Gasteiger partial charge in [-0.2, -0.15) is 0 Å². The van der Waals surface area contributed by atoms with Crippen molar-refractivity contribution in [3.63, 3.8) is 0 Å². The topological polar surface area (TPSA) is 84.2 Å². The normalized spacial score (nSPS) is 18.0. The Balaban J connectivity index is 1.25. The van der Waals surface area contributed by atoms with Gasteiger partial charge in [0.1, 0.15) is 0 Å². The first-order chi connectivity index (χ1) is 15.6. The van der Waals surface area contributed by atoms with Crippen LogP contribution in [0.2, 0.25) is 0 Å². The Kier molecular flexibility index (Phi) is 5.43. The van der Waals surface area contributed by atoms with Crippen LogP contribution in [0.1, 0.15) is 50.5 Å². The first-order valence-corrected chi connectivity index (χ1v) is 11.1. The molecule has 2 aliphatic heterocycles. The molecule has 2 amide bonds. The molecule has 2 aliphatic rings. The number of aromatic nitrogens is 4. The van der Waals surface area contributed by atoms with E-state index in [2.05, 4.69) is 27.4 Å². The smallest absolute Gasteiger partial charge is 0.276 e. The maximum Gasteiger partial charge on any atom is 0.276 e. The molecule has 0 saturated carbocycles. The molecule has 0 spiro atoms. The van der Waals surface area contributed by atoms with Crippen molar-refractivity contribution in [1.82, 2.24) is 29.8 Å². The molecule has 1 aromatic carbocycles. The highest BCUT2D eigenvalue weighted by molar-refractivity contribution is 5.94. The number of amides is 2. The highest BCUT2D eigenvalue weighted by Gasteiger charge is 2.31. The predicted molar refractivity (Wildman–Crippen MR) is 118 cm³/mol. The van der Waals surface area contributed by atoms with Crippen LogP contribution in [0.5, 0.6) is 0 Å². The van der Waals surface area contributed by atoms with E-state index in [4.69, 9.17) is 0 Å². The SMILES string of the molecule is Cc1ccc(C(=O)N2CCCC2Cn2cc(C(=O)N3CCc4ccccc4C3)nn2)cn1. The zero-order valence-electron chi connectivity index (χ0n) is 18.1. The molecule has 3 aromatic rings. The summed E-state index contributed by atoms with van der Waals surface area (Å²) in [4.78, 5) is 33.9. The molecule has 0 bridgehead atoms. The lowest BCUT2D eigenvalue weighted by Gasteiger charge is -2.28. The molecule has 164 valence electrons. The minimum absolute atomic E-state index is 0.0107. The van der Waals surface area contributed by atoms with Crippen molar-refractivity contribution in [2.75, 3.05) is 13.1 Å². The Hall–Kier alpha value is -3.55. The first-order valence-electron chi connectivity index (χ1n) is 11.1. The summed E-state index contributed by atoms with van der Waals surface area (Å²) in [6.07, 6.45) is 6.04. The molecule has 1 fully saturated rings. The molecule has 0 radical (unpaired) electrons. The van der Waals surface area contributed by atoms with Gasteiger partial charge in [-0.05, 0) is 49.4 Å². The van der Waals surface area contributed by atoms with Crippen LogP contribution in [0.3, 0.4) is 0 Å². The molecule has 1 saturated heterocycles. The predicted octanol–water partition coefficient (Wildman–Crippen LogP) is 2.48. The van der Waals surface area contributed by atoms with Crippen molar-refractivity contribution >= 4 is 11.8 Å². The standard InChI is InChI=1S/C24H26N6O2/c1-17-8-9-19(13-25-17)23(31)30-11-4-7-21(30)15-29-16-22(26-27-29)24(32)28-12-10-18-5-2-3-6-20(18)14-28/h2-3,5-6,8-9,13,16,21H,4,7,10-12,14-15H2,1H3. The number of rotatable bonds is 4. The lowest BCUT2D eigenvalue weighted by molar-refractivity contribution is 0.0714. The minimum atomic E-state index is -0.101. The molecule has 0 N–H and O–H groups in total. The highest BCUT2D eigenvalue weighted by atomic mass is 16.2. The number of benzene rings is 1. The van der Waals surface area contributed by atoms with Gasteiger partial charge in [0.2, 0.25) is 0 Å². The van der Waals surface area contributed by atoms with Gasteiger partial charge in [-0.15, -0.1) is 5.10 Å². The molecule has 8 nitrogen and oxygen atoms in total. The van der Waals surface area contributed by atoms with Gasteiger partial charge in [-0.1, -0.05) is 29.5 Å². The number of likely N-dealkylation sites (tertiary alicyclic amines) is 1. The van der Waals surface area contributed by atoms with Crippen molar-refractivity contribution in [2.45, 2.75) is 45.3 Å². The second kappa shape index (κ2) is 8.53. The van der Waals surface area contributed by atoms with Crippen LogP contribution in [0.4, 0.5) is 0 Å². The summed E-state index contributed by atoms with van der Waals surface area (Å²) in [5.41, 5.74) is 4.32. The maximum absolute atomic E-state index is 13.0. The average Bonchev–Trinajstić information content (AvgIpc) is 3.48. The van der Waals surface area contributed by atoms with E-state index in [1.165, 1.54) is 11.1 Å². The number of fused-ring (bicyclic) bond motifs is 1. The molecule has 0 aliphatic carbocycles. The van der Waals surface area contributed by atoms with Crippen LogP contribution in [-0.4, -0.2) is 60.7 Å². The van der Waals surface area contributed by atoms with Crippen molar-refractivity contribution in [2.24, 2.45) is 0 Å². The Morgan fingerprint density at radius 3 is 2.72 bits per heavy atom. The van der Waals surface area contributed by atoms with Crippen LogP contribution >= 0.6 is 0 Å². The number of carbonyl (C=O) groups is 2. The van der Waals surface area contributed by atoms with Gasteiger partial charge in [0.15, 0.2) is 5.69 Å². The van der Waals surface area contributed by atoms with Gasteiger partial charge in [-0.25, -0.2) is 4.68 Å². The fourth-order valence-corrected chi connectivity index (χ4v) is 4.59. The largest absolute Gasteiger partial charge is 0.334 e. The van der Waals surface area contributed by atoms with E-state index >= 15 is 0 Å². The van der Waals surface area contributed by atoms with Gasteiger partial charge in [0.25, 0.3) is 11.8 Å². The van der Waals surface area contributed by atoms with Crippen LogP contribution in [-0.2, 0) is 19.5 Å². The van der Waals surface area contributed by atoms with E-state index in [0.717, 1.165) is 25.0 Å². The second-order valence-corrected chi connectivity index (χ2v) is 8.55. The highest BCUT2D eigenvalue weighted by Crippen LogP contribution is 2.22. The van der Waals surface area contributed by atoms with E-state index in [-0.39, 0.29) is 17.9 Å². The van der Waals surface area contributed by atoms with E-state index in [0.29, 0.717) is 37.4 Å². The maximum atomic E-state index is 13.0. The van der Waals surface area contributed by atoms with E-state index in [1.807, 2.05) is 41.0 Å². The first kappa shape index (κ1) is 20.4. The molecule has 1 unspecified atom stereocenters. The number of hydrogen-bond donors (Lipinski definition) is 0. The zero-order valence-corrected chi connectivity index (χ0v) is 18.1. The summed E-state index contributed by atoms with van der Waals surface area (Å²) in [6, 6.07) is 11.9. The summed E-state index contributed by atoms with van der Waals surface area (Å²) in [7, 11) is 0. The monoisotopic (exact) mass is 430 g/mol. The van der Waals surface area contributed by atoms with Gasteiger partial charge < -0.3 is 9.80 Å². The van der Waals surface area contributed by atoms with Gasteiger partial charge in [0, 0.05) is 31.5 Å². The second-order valence-electron chi connectivity index (χ2n) is 8.55. The van der Waals surface area contributed by atoms with Crippen LogP contribution < -0.4 is 0 Å². The number of pyridine rings is 1. The molecule has 8 heteroatoms. The third-order valence-corrected chi connectivity index (χ3v) is 6.37. The summed E-state index contributed by atoms with van der Waals surface area (Å²) in [6.45, 7) is 4.41. The number of hydrogen-bond acceptors (Lipinski definition) is 5. The molecule has 4 heterocycles. The third kappa shape index (κ3) is 4.00. The van der Waals surface area contributed by atoms with E-state index < -0.39 is 0 Å². The Bertz CT molecular complexity index is 1140. The summed E-state index contributed by atoms with van der Waals surface area (Å²) in [5, 5.41) is 8.32. The molecule has 5 rings (SSSR count). The van der Waals surface area contributed by atoms with E-state index in [9.17, 15) is 9.59 Å². The quantitative estimate of drug-likeness (QED) is 0.635. The number of aryl methyl sites for hydroxylation is 1. The molecular weight excluding hydrogens is 404 g/mol. The fraction of sp³-hybridized carbons (Fsp3) is 0.375. The van der Waals surface area contributed by atoms with Crippen LogP contribution in [0.15, 0.2) is 48.8 Å². The lowest BCUT2D eigenvalue weighted by atomic mass is 10.00. The Morgan fingerprint density at radius 1 is 1.06 bits per heavy atom. The van der Waals surface area contributed by atoms with Gasteiger partial charge in [0.05, 0.1) is 24.3 Å². The van der Waals surface area contributed by atoms with Crippen molar-refractivity contribution in [3.8, 4) is 0 Å². The summed E-state index contributed by atoms with van der Waals surface area (Å²) < 4.78 is 1.69. The minimum Gasteiger partial charge on any atom is -0.334 e. The molecule has 1 atom stereocenters. The third-order valence-electron chi connectivity index (χ3n) is 6.37. The fourth-order valence-electron chi connectivity index (χ4n) is 4.59. The van der Waals surface area contributed by atoms with Crippen molar-refractivity contribution < 1.29 is 9.59 Å². The van der Waals surface area contributed by atoms with Crippen molar-refractivity contribution in [3.05, 3.63) is 76.9 Å². The van der Waals surface area contributed by atoms with E-state index in [1.54, 1.807) is 17.1 Å². The molecular formula is C24H26N6O2. The van der Waals surface area contributed by atoms with Crippen LogP contribution in [0, 0.1) is 6.92 Å². The Labute approximate surface area is 186 Å². The molecule has 2 aromatic heterocycles. The number of carbonyl (C=O) groups excluding carboxylic acids is 2. The average molecular weight is 431 g/mol.